The average Bonchev–Trinajstić information content (AvgIpc) is 2.94. The summed E-state index contributed by atoms with van der Waals surface area (Å²) in [7, 11) is 2.03. The third-order valence-electron chi connectivity index (χ3n) is 2.92. The second-order valence-electron chi connectivity index (χ2n) is 4.40. The van der Waals surface area contributed by atoms with E-state index in [1.807, 2.05) is 37.4 Å². The van der Waals surface area contributed by atoms with E-state index in [1.54, 1.807) is 4.68 Å². The molecule has 1 heterocycles. The van der Waals surface area contributed by atoms with E-state index in [2.05, 4.69) is 36.4 Å². The Hall–Kier alpha value is -1.43. The summed E-state index contributed by atoms with van der Waals surface area (Å²) in [5, 5.41) is 13.0. The van der Waals surface area contributed by atoms with Crippen LogP contribution in [0.25, 0.3) is 5.69 Å². The second kappa shape index (κ2) is 7.23. The van der Waals surface area contributed by atoms with Crippen LogP contribution in [0, 0.1) is 0 Å². The highest BCUT2D eigenvalue weighted by Gasteiger charge is 2.11. The maximum Gasteiger partial charge on any atom is 0.250 e. The minimum atomic E-state index is 0.782. The van der Waals surface area contributed by atoms with Crippen molar-refractivity contribution in [3.63, 3.8) is 0 Å². The van der Waals surface area contributed by atoms with E-state index in [0.717, 1.165) is 29.9 Å². The molecule has 0 aliphatic rings. The Kier molecular flexibility index (Phi) is 5.32. The Labute approximate surface area is 121 Å². The van der Waals surface area contributed by atoms with Crippen LogP contribution >= 0.6 is 15.9 Å². The first kappa shape index (κ1) is 14.0. The molecular weight excluding hydrogens is 306 g/mol. The van der Waals surface area contributed by atoms with Gasteiger partial charge in [0.1, 0.15) is 0 Å². The summed E-state index contributed by atoms with van der Waals surface area (Å²) >= 11 is 3.45. The Morgan fingerprint density at radius 2 is 1.95 bits per heavy atom. The van der Waals surface area contributed by atoms with Crippen molar-refractivity contribution in [2.75, 3.05) is 23.8 Å². The van der Waals surface area contributed by atoms with Crippen molar-refractivity contribution in [2.24, 2.45) is 0 Å². The molecule has 2 rings (SSSR count). The van der Waals surface area contributed by atoms with Crippen molar-refractivity contribution < 1.29 is 0 Å². The van der Waals surface area contributed by atoms with Gasteiger partial charge in [0.2, 0.25) is 5.95 Å². The maximum absolute atomic E-state index is 4.11. The molecule has 19 heavy (non-hydrogen) atoms. The van der Waals surface area contributed by atoms with Gasteiger partial charge in [0.25, 0.3) is 0 Å². The lowest BCUT2D eigenvalue weighted by atomic mass is 10.2. The van der Waals surface area contributed by atoms with Crippen LogP contribution in [0.5, 0.6) is 0 Å². The largest absolute Gasteiger partial charge is 0.342 e. The number of unbranched alkanes of at least 4 members (excludes halogenated alkanes) is 2. The number of hydrogen-bond acceptors (Lipinski definition) is 4. The molecule has 1 aromatic heterocycles. The molecule has 102 valence electrons. The van der Waals surface area contributed by atoms with Crippen LogP contribution in [0.2, 0.25) is 0 Å². The fourth-order valence-electron chi connectivity index (χ4n) is 1.88. The van der Waals surface area contributed by atoms with Gasteiger partial charge in [-0.2, -0.15) is 4.68 Å². The number of tetrazole rings is 1. The lowest BCUT2D eigenvalue weighted by Gasteiger charge is -2.17. The van der Waals surface area contributed by atoms with Crippen LogP contribution in [-0.2, 0) is 0 Å². The SMILES string of the molecule is CN(CCCCCBr)c1nnnn1-c1ccccc1. The van der Waals surface area contributed by atoms with Crippen LogP contribution in [0.15, 0.2) is 30.3 Å². The molecule has 0 spiro atoms. The standard InChI is InChI=1S/C13H18BrN5/c1-18(11-7-3-6-10-14)13-15-16-17-19(13)12-8-4-2-5-9-12/h2,4-5,8-9H,3,6-7,10-11H2,1H3. The Balaban J connectivity index is 2.03. The second-order valence-corrected chi connectivity index (χ2v) is 5.19. The van der Waals surface area contributed by atoms with Crippen LogP contribution < -0.4 is 4.90 Å². The normalized spacial score (nSPS) is 10.6. The van der Waals surface area contributed by atoms with Crippen molar-refractivity contribution in [3.05, 3.63) is 30.3 Å². The number of hydrogen-bond donors (Lipinski definition) is 0. The van der Waals surface area contributed by atoms with Gasteiger partial charge >= 0.3 is 0 Å². The number of para-hydroxylation sites is 1. The molecule has 0 aliphatic carbocycles. The lowest BCUT2D eigenvalue weighted by molar-refractivity contribution is 0.692. The summed E-state index contributed by atoms with van der Waals surface area (Å²) in [6, 6.07) is 9.95. The zero-order chi connectivity index (χ0) is 13.5. The van der Waals surface area contributed by atoms with Gasteiger partial charge in [-0.05, 0) is 35.4 Å². The van der Waals surface area contributed by atoms with Gasteiger partial charge in [-0.15, -0.1) is 0 Å². The Morgan fingerprint density at radius 1 is 1.16 bits per heavy atom. The molecule has 0 unspecified atom stereocenters. The van der Waals surface area contributed by atoms with Gasteiger partial charge < -0.3 is 4.90 Å². The average molecular weight is 324 g/mol. The van der Waals surface area contributed by atoms with E-state index in [4.69, 9.17) is 0 Å². The van der Waals surface area contributed by atoms with E-state index in [0.29, 0.717) is 0 Å². The van der Waals surface area contributed by atoms with Crippen LogP contribution in [0.1, 0.15) is 19.3 Å². The topological polar surface area (TPSA) is 46.8 Å². The molecule has 0 bridgehead atoms. The monoisotopic (exact) mass is 323 g/mol. The van der Waals surface area contributed by atoms with E-state index >= 15 is 0 Å². The number of alkyl halides is 1. The number of nitrogens with zero attached hydrogens (tertiary/aromatic N) is 5. The summed E-state index contributed by atoms with van der Waals surface area (Å²) < 4.78 is 1.77. The molecule has 0 N–H and O–H groups in total. The third kappa shape index (κ3) is 3.76. The first-order chi connectivity index (χ1) is 9.33. The van der Waals surface area contributed by atoms with Crippen molar-refractivity contribution >= 4 is 21.9 Å². The van der Waals surface area contributed by atoms with Crippen LogP contribution in [0.3, 0.4) is 0 Å². The zero-order valence-electron chi connectivity index (χ0n) is 11.0. The molecule has 0 saturated heterocycles. The third-order valence-corrected chi connectivity index (χ3v) is 3.48. The highest BCUT2D eigenvalue weighted by Crippen LogP contribution is 2.14. The predicted molar refractivity (Wildman–Crippen MR) is 80.1 cm³/mol. The summed E-state index contributed by atoms with van der Waals surface area (Å²) in [4.78, 5) is 2.10. The van der Waals surface area contributed by atoms with E-state index in [1.165, 1.54) is 12.8 Å². The van der Waals surface area contributed by atoms with Crippen molar-refractivity contribution in [1.82, 2.24) is 20.2 Å². The van der Waals surface area contributed by atoms with Crippen molar-refractivity contribution in [2.45, 2.75) is 19.3 Å². The molecule has 5 nitrogen and oxygen atoms in total. The van der Waals surface area contributed by atoms with E-state index in [9.17, 15) is 0 Å². The fraction of sp³-hybridized carbons (Fsp3) is 0.462. The summed E-state index contributed by atoms with van der Waals surface area (Å²) in [5.41, 5.74) is 0.981. The molecule has 6 heteroatoms. The van der Waals surface area contributed by atoms with Gasteiger partial charge in [0.05, 0.1) is 5.69 Å². The number of halogens is 1. The van der Waals surface area contributed by atoms with Crippen molar-refractivity contribution in [3.8, 4) is 5.69 Å². The molecule has 2 aromatic rings. The van der Waals surface area contributed by atoms with Gasteiger partial charge in [0.15, 0.2) is 0 Å². The first-order valence-corrected chi connectivity index (χ1v) is 7.56. The molecule has 0 saturated carbocycles. The zero-order valence-corrected chi connectivity index (χ0v) is 12.6. The van der Waals surface area contributed by atoms with Gasteiger partial charge in [-0.1, -0.05) is 45.6 Å². The summed E-state index contributed by atoms with van der Waals surface area (Å²) in [6.45, 7) is 0.959. The number of anilines is 1. The molecule has 0 atom stereocenters. The smallest absolute Gasteiger partial charge is 0.250 e. The minimum absolute atomic E-state index is 0.782. The quantitative estimate of drug-likeness (QED) is 0.580. The highest BCUT2D eigenvalue weighted by molar-refractivity contribution is 9.09. The molecule has 0 fully saturated rings. The molecule has 0 amide bonds. The Morgan fingerprint density at radius 3 is 2.68 bits per heavy atom. The van der Waals surface area contributed by atoms with E-state index in [-0.39, 0.29) is 0 Å². The fourth-order valence-corrected chi connectivity index (χ4v) is 2.27. The minimum Gasteiger partial charge on any atom is -0.342 e. The van der Waals surface area contributed by atoms with Crippen molar-refractivity contribution in [1.29, 1.82) is 0 Å². The molecule has 0 aliphatic heterocycles. The lowest BCUT2D eigenvalue weighted by Crippen LogP contribution is -2.22. The summed E-state index contributed by atoms with van der Waals surface area (Å²) in [5.74, 6) is 0.782. The van der Waals surface area contributed by atoms with Crippen LogP contribution in [0.4, 0.5) is 5.95 Å². The molecule has 1 aromatic carbocycles. The van der Waals surface area contributed by atoms with Gasteiger partial charge in [-0.25, -0.2) is 0 Å². The van der Waals surface area contributed by atoms with Crippen LogP contribution in [-0.4, -0.2) is 39.1 Å². The highest BCUT2D eigenvalue weighted by atomic mass is 79.9. The number of benzene rings is 1. The predicted octanol–water partition coefficient (Wildman–Crippen LogP) is 2.66. The Bertz CT molecular complexity index is 485. The summed E-state index contributed by atoms with van der Waals surface area (Å²) in [6.07, 6.45) is 3.56. The van der Waals surface area contributed by atoms with E-state index < -0.39 is 0 Å². The van der Waals surface area contributed by atoms with Gasteiger partial charge in [0, 0.05) is 18.9 Å². The number of rotatable bonds is 7. The number of aromatic nitrogens is 4. The molecular formula is C13H18BrN5. The maximum atomic E-state index is 4.11. The first-order valence-electron chi connectivity index (χ1n) is 6.44. The molecule has 0 radical (unpaired) electrons. The van der Waals surface area contributed by atoms with Gasteiger partial charge in [-0.3, -0.25) is 0 Å².